The van der Waals surface area contributed by atoms with Gasteiger partial charge in [0.25, 0.3) is 0 Å². The van der Waals surface area contributed by atoms with Gasteiger partial charge in [-0.15, -0.1) is 10.2 Å². The highest BCUT2D eigenvalue weighted by Crippen LogP contribution is 2.29. The van der Waals surface area contributed by atoms with Crippen molar-refractivity contribution >= 4 is 34.0 Å². The molecule has 1 saturated heterocycles. The Kier molecular flexibility index (Phi) is 4.89. The molecule has 0 bridgehead atoms. The number of benzene rings is 1. The Morgan fingerprint density at radius 3 is 2.79 bits per heavy atom. The smallest absolute Gasteiger partial charge is 0.231 e. The Labute approximate surface area is 144 Å². The van der Waals surface area contributed by atoms with Gasteiger partial charge < -0.3 is 10.2 Å². The molecule has 0 aliphatic carbocycles. The molecule has 1 aliphatic rings. The molecule has 1 N–H and O–H groups in total. The maximum atomic E-state index is 12.4. The van der Waals surface area contributed by atoms with Crippen LogP contribution >= 0.6 is 11.3 Å². The lowest BCUT2D eigenvalue weighted by Crippen LogP contribution is -2.28. The molecule has 1 aromatic carbocycles. The monoisotopic (exact) mass is 344 g/mol. The molecule has 1 unspecified atom stereocenters. The Balaban J connectivity index is 1.71. The van der Waals surface area contributed by atoms with Crippen molar-refractivity contribution in [3.8, 4) is 0 Å². The van der Waals surface area contributed by atoms with Crippen molar-refractivity contribution in [2.45, 2.75) is 33.1 Å². The van der Waals surface area contributed by atoms with Crippen LogP contribution in [0.15, 0.2) is 24.3 Å². The van der Waals surface area contributed by atoms with E-state index in [4.69, 9.17) is 0 Å². The fourth-order valence-corrected chi connectivity index (χ4v) is 3.53. The fraction of sp³-hybridized carbons (Fsp3) is 0.412. The van der Waals surface area contributed by atoms with E-state index in [9.17, 15) is 9.59 Å². The van der Waals surface area contributed by atoms with E-state index >= 15 is 0 Å². The van der Waals surface area contributed by atoms with Gasteiger partial charge in [-0.05, 0) is 24.5 Å². The van der Waals surface area contributed by atoms with E-state index in [1.54, 1.807) is 4.90 Å². The summed E-state index contributed by atoms with van der Waals surface area (Å²) in [5, 5.41) is 12.1. The minimum atomic E-state index is -0.364. The van der Waals surface area contributed by atoms with Gasteiger partial charge in [0.1, 0.15) is 5.01 Å². The van der Waals surface area contributed by atoms with Crippen molar-refractivity contribution < 1.29 is 9.59 Å². The van der Waals surface area contributed by atoms with Crippen molar-refractivity contribution in [2.75, 3.05) is 16.8 Å². The summed E-state index contributed by atoms with van der Waals surface area (Å²) in [7, 11) is 0. The molecule has 1 aliphatic heterocycles. The van der Waals surface area contributed by atoms with Crippen LogP contribution in [0.25, 0.3) is 0 Å². The van der Waals surface area contributed by atoms with E-state index in [0.29, 0.717) is 11.7 Å². The maximum Gasteiger partial charge on any atom is 0.231 e. The summed E-state index contributed by atoms with van der Waals surface area (Å²) < 4.78 is 0. The SMILES string of the molecule is CCc1nnc(NC(=O)C2CC(=O)N(c3ccccc3CC)C2)s1. The number of aryl methyl sites for hydroxylation is 2. The first kappa shape index (κ1) is 16.6. The first-order chi connectivity index (χ1) is 11.6. The average molecular weight is 344 g/mol. The molecule has 1 atom stereocenters. The lowest BCUT2D eigenvalue weighted by Gasteiger charge is -2.19. The number of carbonyl (C=O) groups is 2. The number of hydrogen-bond acceptors (Lipinski definition) is 5. The van der Waals surface area contributed by atoms with Gasteiger partial charge >= 0.3 is 0 Å². The standard InChI is InChI=1S/C17H20N4O2S/c1-3-11-7-5-6-8-13(11)21-10-12(9-15(21)22)16(23)18-17-20-19-14(4-2)24-17/h5-8,12H,3-4,9-10H2,1-2H3,(H,18,20,23). The molecule has 24 heavy (non-hydrogen) atoms. The highest BCUT2D eigenvalue weighted by Gasteiger charge is 2.36. The van der Waals surface area contributed by atoms with Crippen molar-refractivity contribution in [1.82, 2.24) is 10.2 Å². The molecule has 3 rings (SSSR count). The second kappa shape index (κ2) is 7.09. The van der Waals surface area contributed by atoms with Crippen LogP contribution in [0.1, 0.15) is 30.8 Å². The molecular formula is C17H20N4O2S. The summed E-state index contributed by atoms with van der Waals surface area (Å²) in [5.74, 6) is -0.544. The summed E-state index contributed by atoms with van der Waals surface area (Å²) >= 11 is 1.37. The van der Waals surface area contributed by atoms with Gasteiger partial charge in [0, 0.05) is 18.7 Å². The van der Waals surface area contributed by atoms with Gasteiger partial charge in [0.05, 0.1) is 5.92 Å². The third-order valence-electron chi connectivity index (χ3n) is 4.16. The normalized spacial score (nSPS) is 17.3. The minimum Gasteiger partial charge on any atom is -0.311 e. The highest BCUT2D eigenvalue weighted by atomic mass is 32.1. The fourth-order valence-electron chi connectivity index (χ4n) is 2.84. The molecule has 126 valence electrons. The van der Waals surface area contributed by atoms with Gasteiger partial charge in [-0.3, -0.25) is 9.59 Å². The topological polar surface area (TPSA) is 75.2 Å². The van der Waals surface area contributed by atoms with E-state index < -0.39 is 0 Å². The summed E-state index contributed by atoms with van der Waals surface area (Å²) in [6.07, 6.45) is 1.86. The Bertz CT molecular complexity index is 759. The first-order valence-corrected chi connectivity index (χ1v) is 8.95. The van der Waals surface area contributed by atoms with Gasteiger partial charge in [-0.2, -0.15) is 0 Å². The number of nitrogens with zero attached hydrogens (tertiary/aromatic N) is 3. The summed E-state index contributed by atoms with van der Waals surface area (Å²) in [6, 6.07) is 7.84. The molecule has 2 heterocycles. The molecule has 0 saturated carbocycles. The van der Waals surface area contributed by atoms with E-state index in [0.717, 1.165) is 29.1 Å². The van der Waals surface area contributed by atoms with Crippen molar-refractivity contribution in [3.05, 3.63) is 34.8 Å². The van der Waals surface area contributed by atoms with Crippen LogP contribution in [-0.4, -0.2) is 28.6 Å². The predicted octanol–water partition coefficient (Wildman–Crippen LogP) is 2.65. The van der Waals surface area contributed by atoms with Crippen molar-refractivity contribution in [1.29, 1.82) is 0 Å². The lowest BCUT2D eigenvalue weighted by molar-refractivity contribution is -0.122. The molecule has 2 amide bonds. The number of rotatable bonds is 5. The van der Waals surface area contributed by atoms with Gasteiger partial charge in [0.2, 0.25) is 16.9 Å². The van der Waals surface area contributed by atoms with Gasteiger partial charge in [0.15, 0.2) is 0 Å². The largest absolute Gasteiger partial charge is 0.311 e. The van der Waals surface area contributed by atoms with Crippen LogP contribution in [0.2, 0.25) is 0 Å². The predicted molar refractivity (Wildman–Crippen MR) is 94.2 cm³/mol. The third kappa shape index (κ3) is 3.31. The zero-order valence-corrected chi connectivity index (χ0v) is 14.6. The summed E-state index contributed by atoms with van der Waals surface area (Å²) in [4.78, 5) is 26.5. The quantitative estimate of drug-likeness (QED) is 0.905. The molecule has 0 radical (unpaired) electrons. The molecular weight excluding hydrogens is 324 g/mol. The number of aromatic nitrogens is 2. The second-order valence-electron chi connectivity index (χ2n) is 5.73. The van der Waals surface area contributed by atoms with E-state index in [1.807, 2.05) is 31.2 Å². The zero-order chi connectivity index (χ0) is 17.1. The molecule has 7 heteroatoms. The average Bonchev–Trinajstić information content (AvgIpc) is 3.21. The molecule has 6 nitrogen and oxygen atoms in total. The summed E-state index contributed by atoms with van der Waals surface area (Å²) in [6.45, 7) is 4.45. The van der Waals surface area contributed by atoms with Crippen molar-refractivity contribution in [2.24, 2.45) is 5.92 Å². The minimum absolute atomic E-state index is 0.0115. The number of nitrogens with one attached hydrogen (secondary N) is 1. The molecule has 2 aromatic rings. The first-order valence-electron chi connectivity index (χ1n) is 8.13. The Hall–Kier alpha value is -2.28. The van der Waals surface area contributed by atoms with Crippen LogP contribution in [0.4, 0.5) is 10.8 Å². The van der Waals surface area contributed by atoms with Crippen molar-refractivity contribution in [3.63, 3.8) is 0 Å². The molecule has 0 spiro atoms. The van der Waals surface area contributed by atoms with E-state index in [1.165, 1.54) is 11.3 Å². The number of anilines is 2. The zero-order valence-electron chi connectivity index (χ0n) is 13.8. The number of amides is 2. The van der Waals surface area contributed by atoms with E-state index in [2.05, 4.69) is 22.4 Å². The van der Waals surface area contributed by atoms with Crippen LogP contribution < -0.4 is 10.2 Å². The lowest BCUT2D eigenvalue weighted by atomic mass is 10.1. The Morgan fingerprint density at radius 2 is 2.08 bits per heavy atom. The number of hydrogen-bond donors (Lipinski definition) is 1. The highest BCUT2D eigenvalue weighted by molar-refractivity contribution is 7.15. The number of para-hydroxylation sites is 1. The van der Waals surface area contributed by atoms with E-state index in [-0.39, 0.29) is 24.2 Å². The maximum absolute atomic E-state index is 12.4. The summed E-state index contributed by atoms with van der Waals surface area (Å²) in [5.41, 5.74) is 2.02. The third-order valence-corrected chi connectivity index (χ3v) is 5.14. The van der Waals surface area contributed by atoms with Crippen LogP contribution in [-0.2, 0) is 22.4 Å². The number of carbonyl (C=O) groups excluding carboxylic acids is 2. The second-order valence-corrected chi connectivity index (χ2v) is 6.79. The van der Waals surface area contributed by atoms with Gasteiger partial charge in [-0.1, -0.05) is 43.4 Å². The van der Waals surface area contributed by atoms with Gasteiger partial charge in [-0.25, -0.2) is 0 Å². The Morgan fingerprint density at radius 1 is 1.29 bits per heavy atom. The molecule has 1 fully saturated rings. The van der Waals surface area contributed by atoms with Crippen LogP contribution in [0.3, 0.4) is 0 Å². The molecule has 1 aromatic heterocycles. The van der Waals surface area contributed by atoms with Crippen LogP contribution in [0.5, 0.6) is 0 Å². The van der Waals surface area contributed by atoms with Crippen LogP contribution in [0, 0.1) is 5.92 Å².